The Morgan fingerprint density at radius 2 is 1.92 bits per heavy atom. The maximum atomic E-state index is 12.6. The van der Waals surface area contributed by atoms with Crippen LogP contribution in [0.5, 0.6) is 0 Å². The molecule has 3 N–H and O–H groups in total. The normalized spacial score (nSPS) is 16.0. The number of benzene rings is 1. The van der Waals surface area contributed by atoms with E-state index in [2.05, 4.69) is 10.3 Å². The van der Waals surface area contributed by atoms with Crippen molar-refractivity contribution in [2.45, 2.75) is 18.9 Å². The molecule has 2 aromatic rings. The Kier molecular flexibility index (Phi) is 8.51. The van der Waals surface area contributed by atoms with E-state index in [4.69, 9.17) is 5.73 Å². The zero-order valence-electron chi connectivity index (χ0n) is 14.1. The minimum Gasteiger partial charge on any atom is -0.337 e. The molecule has 0 bridgehead atoms. The van der Waals surface area contributed by atoms with Crippen molar-refractivity contribution in [2.75, 3.05) is 18.4 Å². The van der Waals surface area contributed by atoms with Crippen molar-refractivity contribution in [3.05, 3.63) is 59.9 Å². The lowest BCUT2D eigenvalue weighted by molar-refractivity contribution is 0.0708. The number of carbonyl (C=O) groups excluding carboxylic acids is 2. The highest BCUT2D eigenvalue weighted by atomic mass is 35.5. The average Bonchev–Trinajstić information content (AvgIpc) is 2.62. The van der Waals surface area contributed by atoms with Gasteiger partial charge in [0, 0.05) is 42.8 Å². The minimum atomic E-state index is -0.257. The van der Waals surface area contributed by atoms with Crippen LogP contribution >= 0.6 is 24.8 Å². The SMILES string of the molecule is Cl.Cl.NC1CCCN(C(=O)c2cccc(NC(=O)c3cccnc3)c2)C1. The molecule has 0 spiro atoms. The van der Waals surface area contributed by atoms with E-state index in [0.717, 1.165) is 19.4 Å². The quantitative estimate of drug-likeness (QED) is 0.834. The zero-order valence-corrected chi connectivity index (χ0v) is 15.8. The summed E-state index contributed by atoms with van der Waals surface area (Å²) in [5.41, 5.74) is 7.54. The van der Waals surface area contributed by atoms with Crippen LogP contribution in [-0.4, -0.2) is 40.8 Å². The molecular formula is C18H22Cl2N4O2. The molecule has 1 fully saturated rings. The van der Waals surface area contributed by atoms with E-state index in [1.165, 1.54) is 6.20 Å². The van der Waals surface area contributed by atoms with Crippen molar-refractivity contribution in [1.82, 2.24) is 9.88 Å². The number of likely N-dealkylation sites (tertiary alicyclic amines) is 1. The largest absolute Gasteiger partial charge is 0.337 e. The van der Waals surface area contributed by atoms with E-state index in [1.807, 2.05) is 0 Å². The summed E-state index contributed by atoms with van der Waals surface area (Å²) in [6, 6.07) is 10.4. The molecule has 1 aromatic carbocycles. The summed E-state index contributed by atoms with van der Waals surface area (Å²) in [4.78, 5) is 30.5. The lowest BCUT2D eigenvalue weighted by Gasteiger charge is -2.30. The maximum absolute atomic E-state index is 12.6. The second kappa shape index (κ2) is 10.1. The van der Waals surface area contributed by atoms with E-state index in [0.29, 0.717) is 23.4 Å². The average molecular weight is 397 g/mol. The van der Waals surface area contributed by atoms with E-state index in [9.17, 15) is 9.59 Å². The summed E-state index contributed by atoms with van der Waals surface area (Å²) in [7, 11) is 0. The predicted octanol–water partition coefficient (Wildman–Crippen LogP) is 2.74. The van der Waals surface area contributed by atoms with Gasteiger partial charge in [0.15, 0.2) is 0 Å². The number of carbonyl (C=O) groups is 2. The van der Waals surface area contributed by atoms with Gasteiger partial charge in [-0.3, -0.25) is 14.6 Å². The van der Waals surface area contributed by atoms with Crippen molar-refractivity contribution in [2.24, 2.45) is 5.73 Å². The van der Waals surface area contributed by atoms with Crippen molar-refractivity contribution in [3.63, 3.8) is 0 Å². The Morgan fingerprint density at radius 3 is 2.62 bits per heavy atom. The Labute approximate surface area is 165 Å². The van der Waals surface area contributed by atoms with Crippen LogP contribution in [-0.2, 0) is 0 Å². The summed E-state index contributed by atoms with van der Waals surface area (Å²) in [5, 5.41) is 2.79. The number of aromatic nitrogens is 1. The molecule has 0 saturated carbocycles. The van der Waals surface area contributed by atoms with Gasteiger partial charge in [0.1, 0.15) is 0 Å². The third-order valence-corrected chi connectivity index (χ3v) is 4.04. The van der Waals surface area contributed by atoms with Crippen molar-refractivity contribution in [3.8, 4) is 0 Å². The first kappa shape index (κ1) is 21.9. The number of anilines is 1. The molecule has 0 radical (unpaired) electrons. The molecule has 1 atom stereocenters. The number of amides is 2. The summed E-state index contributed by atoms with van der Waals surface area (Å²) >= 11 is 0. The van der Waals surface area contributed by atoms with Gasteiger partial charge in [0.2, 0.25) is 0 Å². The number of hydrogen-bond acceptors (Lipinski definition) is 4. The third kappa shape index (κ3) is 5.42. The van der Waals surface area contributed by atoms with E-state index in [1.54, 1.807) is 47.5 Å². The molecule has 6 nitrogen and oxygen atoms in total. The molecule has 140 valence electrons. The number of nitrogens with two attached hydrogens (primary N) is 1. The van der Waals surface area contributed by atoms with Gasteiger partial charge in [0.25, 0.3) is 11.8 Å². The molecular weight excluding hydrogens is 375 g/mol. The number of piperidine rings is 1. The molecule has 8 heteroatoms. The summed E-state index contributed by atoms with van der Waals surface area (Å²) < 4.78 is 0. The third-order valence-electron chi connectivity index (χ3n) is 4.04. The zero-order chi connectivity index (χ0) is 16.9. The van der Waals surface area contributed by atoms with Crippen LogP contribution in [0.2, 0.25) is 0 Å². The lowest BCUT2D eigenvalue weighted by Crippen LogP contribution is -2.45. The molecule has 1 saturated heterocycles. The molecule has 3 rings (SSSR count). The van der Waals surface area contributed by atoms with E-state index in [-0.39, 0.29) is 42.7 Å². The molecule has 1 unspecified atom stereocenters. The van der Waals surface area contributed by atoms with Gasteiger partial charge >= 0.3 is 0 Å². The van der Waals surface area contributed by atoms with Gasteiger partial charge in [-0.1, -0.05) is 6.07 Å². The van der Waals surface area contributed by atoms with Crippen molar-refractivity contribution < 1.29 is 9.59 Å². The predicted molar refractivity (Wildman–Crippen MR) is 106 cm³/mol. The summed E-state index contributed by atoms with van der Waals surface area (Å²) in [5.74, 6) is -0.310. The maximum Gasteiger partial charge on any atom is 0.257 e. The number of pyridine rings is 1. The summed E-state index contributed by atoms with van der Waals surface area (Å²) in [6.07, 6.45) is 4.98. The number of nitrogens with one attached hydrogen (secondary N) is 1. The second-order valence-electron chi connectivity index (χ2n) is 5.93. The highest BCUT2D eigenvalue weighted by Crippen LogP contribution is 2.17. The number of hydrogen-bond donors (Lipinski definition) is 2. The first-order valence-electron chi connectivity index (χ1n) is 8.00. The standard InChI is InChI=1S/C18H20N4O2.2ClH/c19-15-6-3-9-22(12-15)18(24)13-4-1-7-16(10-13)21-17(23)14-5-2-8-20-11-14;;/h1-2,4-5,7-8,10-11,15H,3,6,9,12,19H2,(H,21,23);2*1H. The van der Waals surface area contributed by atoms with Crippen molar-refractivity contribution in [1.29, 1.82) is 0 Å². The summed E-state index contributed by atoms with van der Waals surface area (Å²) in [6.45, 7) is 1.30. The van der Waals surface area contributed by atoms with Crippen LogP contribution in [0, 0.1) is 0 Å². The fourth-order valence-electron chi connectivity index (χ4n) is 2.81. The van der Waals surface area contributed by atoms with Gasteiger partial charge in [-0.05, 0) is 43.2 Å². The smallest absolute Gasteiger partial charge is 0.257 e. The van der Waals surface area contributed by atoms with Crippen molar-refractivity contribution >= 4 is 42.3 Å². The van der Waals surface area contributed by atoms with Gasteiger partial charge in [-0.15, -0.1) is 24.8 Å². The first-order valence-corrected chi connectivity index (χ1v) is 8.00. The highest BCUT2D eigenvalue weighted by molar-refractivity contribution is 6.04. The molecule has 26 heavy (non-hydrogen) atoms. The molecule has 2 heterocycles. The van der Waals surface area contributed by atoms with Gasteiger partial charge in [0.05, 0.1) is 5.56 Å². The molecule has 1 aliphatic heterocycles. The Hall–Kier alpha value is -2.15. The Balaban J connectivity index is 0.00000169. The van der Waals surface area contributed by atoms with E-state index < -0.39 is 0 Å². The van der Waals surface area contributed by atoms with Crippen LogP contribution in [0.25, 0.3) is 0 Å². The fourth-order valence-corrected chi connectivity index (χ4v) is 2.81. The molecule has 1 aliphatic rings. The minimum absolute atomic E-state index is 0. The lowest BCUT2D eigenvalue weighted by atomic mass is 10.1. The van der Waals surface area contributed by atoms with Crippen LogP contribution < -0.4 is 11.1 Å². The number of nitrogens with zero attached hydrogens (tertiary/aromatic N) is 2. The van der Waals surface area contributed by atoms with E-state index >= 15 is 0 Å². The molecule has 1 aromatic heterocycles. The number of rotatable bonds is 3. The monoisotopic (exact) mass is 396 g/mol. The van der Waals surface area contributed by atoms with Gasteiger partial charge < -0.3 is 16.0 Å². The van der Waals surface area contributed by atoms with Gasteiger partial charge in [-0.25, -0.2) is 0 Å². The van der Waals surface area contributed by atoms with Crippen LogP contribution in [0.4, 0.5) is 5.69 Å². The fraction of sp³-hybridized carbons (Fsp3) is 0.278. The Morgan fingerprint density at radius 1 is 1.15 bits per heavy atom. The number of halogens is 2. The second-order valence-corrected chi connectivity index (χ2v) is 5.93. The topological polar surface area (TPSA) is 88.3 Å². The van der Waals surface area contributed by atoms with Crippen LogP contribution in [0.15, 0.2) is 48.8 Å². The molecule has 2 amide bonds. The first-order chi connectivity index (χ1) is 11.6. The highest BCUT2D eigenvalue weighted by Gasteiger charge is 2.22. The van der Waals surface area contributed by atoms with Crippen LogP contribution in [0.3, 0.4) is 0 Å². The molecule has 0 aliphatic carbocycles. The Bertz CT molecular complexity index is 743. The van der Waals surface area contributed by atoms with Crippen LogP contribution in [0.1, 0.15) is 33.6 Å². The van der Waals surface area contributed by atoms with Gasteiger partial charge in [-0.2, -0.15) is 0 Å².